The molecule has 1 heterocycles. The monoisotopic (exact) mass is 261 g/mol. The molecule has 2 rings (SSSR count). The van der Waals surface area contributed by atoms with E-state index in [1.54, 1.807) is 25.1 Å². The summed E-state index contributed by atoms with van der Waals surface area (Å²) in [5.41, 5.74) is 7.02. The van der Waals surface area contributed by atoms with E-state index in [2.05, 4.69) is 9.97 Å². The molecule has 0 aliphatic rings. The zero-order chi connectivity index (χ0) is 13.0. The Kier molecular flexibility index (Phi) is 4.17. The summed E-state index contributed by atoms with van der Waals surface area (Å²) in [4.78, 5) is 9.16. The van der Waals surface area contributed by atoms with Crippen molar-refractivity contribution in [2.45, 2.75) is 22.9 Å². The van der Waals surface area contributed by atoms with E-state index in [0.717, 1.165) is 21.2 Å². The van der Waals surface area contributed by atoms with E-state index in [1.165, 1.54) is 6.33 Å². The van der Waals surface area contributed by atoms with Crippen LogP contribution in [0.15, 0.2) is 46.7 Å². The minimum atomic E-state index is -0.0921. The summed E-state index contributed by atoms with van der Waals surface area (Å²) in [6, 6.07) is 7.67. The summed E-state index contributed by atoms with van der Waals surface area (Å²) in [7, 11) is 1.65. The van der Waals surface area contributed by atoms with Crippen LogP contribution in [0.3, 0.4) is 0 Å². The van der Waals surface area contributed by atoms with Crippen molar-refractivity contribution >= 4 is 11.8 Å². The number of benzene rings is 1. The van der Waals surface area contributed by atoms with Gasteiger partial charge in [-0.05, 0) is 25.1 Å². The quantitative estimate of drug-likeness (QED) is 0.857. The van der Waals surface area contributed by atoms with Crippen LogP contribution in [0.4, 0.5) is 0 Å². The highest BCUT2D eigenvalue weighted by Gasteiger charge is 2.14. The maximum Gasteiger partial charge on any atom is 0.124 e. The van der Waals surface area contributed by atoms with Crippen LogP contribution in [0.2, 0.25) is 0 Å². The highest BCUT2D eigenvalue weighted by atomic mass is 32.2. The summed E-state index contributed by atoms with van der Waals surface area (Å²) in [5.74, 6) is 0.809. The molecule has 4 nitrogen and oxygen atoms in total. The molecule has 5 heteroatoms. The molecule has 18 heavy (non-hydrogen) atoms. The molecule has 0 saturated carbocycles. The SMILES string of the molecule is COc1cccc(Sc2ccncn2)c1C(C)N. The summed E-state index contributed by atoms with van der Waals surface area (Å²) in [6.07, 6.45) is 3.26. The summed E-state index contributed by atoms with van der Waals surface area (Å²) < 4.78 is 5.36. The predicted molar refractivity (Wildman–Crippen MR) is 71.8 cm³/mol. The molecule has 0 fully saturated rings. The molecule has 1 atom stereocenters. The minimum absolute atomic E-state index is 0.0921. The van der Waals surface area contributed by atoms with Crippen LogP contribution in [0.1, 0.15) is 18.5 Å². The van der Waals surface area contributed by atoms with E-state index < -0.39 is 0 Å². The van der Waals surface area contributed by atoms with Gasteiger partial charge in [-0.3, -0.25) is 0 Å². The Bertz CT molecular complexity index is 517. The average Bonchev–Trinajstić information content (AvgIpc) is 2.39. The van der Waals surface area contributed by atoms with Gasteiger partial charge in [0, 0.05) is 22.7 Å². The van der Waals surface area contributed by atoms with Crippen LogP contribution in [0, 0.1) is 0 Å². The lowest BCUT2D eigenvalue weighted by Gasteiger charge is -2.15. The molecule has 0 bridgehead atoms. The molecule has 0 aliphatic carbocycles. The lowest BCUT2D eigenvalue weighted by molar-refractivity contribution is 0.405. The standard InChI is InChI=1S/C13H15N3OS/c1-9(14)13-10(17-2)4-3-5-11(13)18-12-6-7-15-8-16-12/h3-9H,14H2,1-2H3. The van der Waals surface area contributed by atoms with Crippen molar-refractivity contribution in [3.63, 3.8) is 0 Å². The first-order chi connectivity index (χ1) is 8.72. The van der Waals surface area contributed by atoms with Gasteiger partial charge in [-0.2, -0.15) is 0 Å². The second-order valence-electron chi connectivity index (χ2n) is 3.81. The van der Waals surface area contributed by atoms with E-state index >= 15 is 0 Å². The van der Waals surface area contributed by atoms with Crippen molar-refractivity contribution in [2.24, 2.45) is 5.73 Å². The molecule has 0 radical (unpaired) electrons. The van der Waals surface area contributed by atoms with Crippen LogP contribution in [0.5, 0.6) is 5.75 Å². The molecule has 94 valence electrons. The predicted octanol–water partition coefficient (Wildman–Crippen LogP) is 2.66. The zero-order valence-electron chi connectivity index (χ0n) is 10.3. The van der Waals surface area contributed by atoms with E-state index in [4.69, 9.17) is 10.5 Å². The van der Waals surface area contributed by atoms with Gasteiger partial charge in [0.25, 0.3) is 0 Å². The second kappa shape index (κ2) is 5.84. The lowest BCUT2D eigenvalue weighted by atomic mass is 10.1. The molecule has 0 spiro atoms. The first kappa shape index (κ1) is 12.9. The summed E-state index contributed by atoms with van der Waals surface area (Å²) in [6.45, 7) is 1.95. The Morgan fingerprint density at radius 3 is 2.78 bits per heavy atom. The fourth-order valence-electron chi connectivity index (χ4n) is 1.69. The molecule has 2 aromatic rings. The number of nitrogens with zero attached hydrogens (tertiary/aromatic N) is 2. The number of hydrogen-bond donors (Lipinski definition) is 1. The maximum absolute atomic E-state index is 6.02. The molecule has 1 unspecified atom stereocenters. The highest BCUT2D eigenvalue weighted by molar-refractivity contribution is 7.99. The zero-order valence-corrected chi connectivity index (χ0v) is 11.1. The average molecular weight is 261 g/mol. The van der Waals surface area contributed by atoms with Gasteiger partial charge in [-0.25, -0.2) is 9.97 Å². The van der Waals surface area contributed by atoms with E-state index in [0.29, 0.717) is 0 Å². The van der Waals surface area contributed by atoms with Crippen molar-refractivity contribution in [1.82, 2.24) is 9.97 Å². The van der Waals surface area contributed by atoms with Crippen LogP contribution in [0.25, 0.3) is 0 Å². The Morgan fingerprint density at radius 1 is 1.33 bits per heavy atom. The first-order valence-electron chi connectivity index (χ1n) is 5.58. The Labute approximate surface area is 111 Å². The van der Waals surface area contributed by atoms with Crippen LogP contribution in [-0.2, 0) is 0 Å². The Balaban J connectivity index is 2.38. The molecule has 1 aromatic heterocycles. The van der Waals surface area contributed by atoms with Gasteiger partial charge in [-0.1, -0.05) is 17.8 Å². The van der Waals surface area contributed by atoms with Gasteiger partial charge in [-0.15, -0.1) is 0 Å². The third-order valence-corrected chi connectivity index (χ3v) is 3.50. The van der Waals surface area contributed by atoms with Gasteiger partial charge >= 0.3 is 0 Å². The van der Waals surface area contributed by atoms with Gasteiger partial charge in [0.15, 0.2) is 0 Å². The molecule has 1 aromatic carbocycles. The van der Waals surface area contributed by atoms with E-state index in [9.17, 15) is 0 Å². The number of hydrogen-bond acceptors (Lipinski definition) is 5. The Hall–Kier alpha value is -1.59. The molecule has 2 N–H and O–H groups in total. The number of methoxy groups -OCH3 is 1. The van der Waals surface area contributed by atoms with Crippen molar-refractivity contribution in [2.75, 3.05) is 7.11 Å². The minimum Gasteiger partial charge on any atom is -0.496 e. The summed E-state index contributed by atoms with van der Waals surface area (Å²) in [5, 5.41) is 0.889. The van der Waals surface area contributed by atoms with Crippen molar-refractivity contribution in [1.29, 1.82) is 0 Å². The van der Waals surface area contributed by atoms with Crippen LogP contribution < -0.4 is 10.5 Å². The summed E-state index contributed by atoms with van der Waals surface area (Å²) >= 11 is 1.56. The largest absolute Gasteiger partial charge is 0.496 e. The number of aromatic nitrogens is 2. The molecule has 0 aliphatic heterocycles. The smallest absolute Gasteiger partial charge is 0.124 e. The third kappa shape index (κ3) is 2.80. The Morgan fingerprint density at radius 2 is 2.17 bits per heavy atom. The van der Waals surface area contributed by atoms with Crippen LogP contribution >= 0.6 is 11.8 Å². The highest BCUT2D eigenvalue weighted by Crippen LogP contribution is 2.36. The third-order valence-electron chi connectivity index (χ3n) is 2.47. The van der Waals surface area contributed by atoms with Crippen molar-refractivity contribution in [3.8, 4) is 5.75 Å². The van der Waals surface area contributed by atoms with Gasteiger partial charge < -0.3 is 10.5 Å². The molecular formula is C13H15N3OS. The maximum atomic E-state index is 6.02. The molecule has 0 amide bonds. The van der Waals surface area contributed by atoms with Gasteiger partial charge in [0.2, 0.25) is 0 Å². The van der Waals surface area contributed by atoms with E-state index in [1.807, 2.05) is 31.2 Å². The first-order valence-corrected chi connectivity index (χ1v) is 6.40. The number of rotatable bonds is 4. The van der Waals surface area contributed by atoms with Crippen LogP contribution in [-0.4, -0.2) is 17.1 Å². The molecule has 0 saturated heterocycles. The van der Waals surface area contributed by atoms with Crippen molar-refractivity contribution < 1.29 is 4.74 Å². The lowest BCUT2D eigenvalue weighted by Crippen LogP contribution is -2.08. The number of nitrogens with two attached hydrogens (primary N) is 1. The van der Waals surface area contributed by atoms with Gasteiger partial charge in [0.05, 0.1) is 7.11 Å². The fourth-order valence-corrected chi connectivity index (χ4v) is 2.69. The van der Waals surface area contributed by atoms with E-state index in [-0.39, 0.29) is 6.04 Å². The van der Waals surface area contributed by atoms with Crippen molar-refractivity contribution in [3.05, 3.63) is 42.4 Å². The molecular weight excluding hydrogens is 246 g/mol. The second-order valence-corrected chi connectivity index (χ2v) is 4.87. The normalized spacial score (nSPS) is 12.2. The number of ether oxygens (including phenoxy) is 1. The van der Waals surface area contributed by atoms with Gasteiger partial charge in [0.1, 0.15) is 17.1 Å². The fraction of sp³-hybridized carbons (Fsp3) is 0.231. The topological polar surface area (TPSA) is 61.0 Å².